The Bertz CT molecular complexity index is 968. The highest BCUT2D eigenvalue weighted by Crippen LogP contribution is 2.33. The van der Waals surface area contributed by atoms with E-state index in [0.717, 1.165) is 17.5 Å². The molecule has 2 aromatic carbocycles. The number of hydrogen-bond donors (Lipinski definition) is 0. The van der Waals surface area contributed by atoms with Crippen LogP contribution < -0.4 is 9.47 Å². The van der Waals surface area contributed by atoms with E-state index in [1.54, 1.807) is 43.4 Å². The van der Waals surface area contributed by atoms with Gasteiger partial charge in [-0.1, -0.05) is 12.1 Å². The van der Waals surface area contributed by atoms with Crippen LogP contribution in [-0.2, 0) is 28.6 Å². The third-order valence-electron chi connectivity index (χ3n) is 4.61. The number of sulfone groups is 1. The average Bonchev–Trinajstić information content (AvgIpc) is 2.64. The van der Waals surface area contributed by atoms with Gasteiger partial charge in [0, 0.05) is 24.9 Å². The topological polar surface area (TPSA) is 72.9 Å². The van der Waals surface area contributed by atoms with Crippen LogP contribution in [-0.4, -0.2) is 46.2 Å². The predicted octanol–water partition coefficient (Wildman–Crippen LogP) is 2.45. The number of benzene rings is 2. The Morgan fingerprint density at radius 1 is 1.07 bits per heavy atom. The second-order valence-corrected chi connectivity index (χ2v) is 8.86. The van der Waals surface area contributed by atoms with Gasteiger partial charge in [-0.25, -0.2) is 8.42 Å². The fourth-order valence-electron chi connectivity index (χ4n) is 3.34. The van der Waals surface area contributed by atoms with E-state index in [1.807, 2.05) is 12.1 Å². The van der Waals surface area contributed by atoms with E-state index in [1.165, 1.54) is 6.26 Å². The summed E-state index contributed by atoms with van der Waals surface area (Å²) in [4.78, 5) is 14.7. The first-order chi connectivity index (χ1) is 12.8. The van der Waals surface area contributed by atoms with Crippen LogP contribution in [0.3, 0.4) is 0 Å². The molecule has 6 nitrogen and oxygen atoms in total. The molecule has 0 saturated carbocycles. The van der Waals surface area contributed by atoms with Crippen molar-refractivity contribution in [2.75, 3.05) is 27.0 Å². The molecule has 0 radical (unpaired) electrons. The number of carbonyl (C=O) groups is 1. The monoisotopic (exact) mass is 389 g/mol. The molecule has 0 bridgehead atoms. The van der Waals surface area contributed by atoms with E-state index in [0.29, 0.717) is 35.7 Å². The summed E-state index contributed by atoms with van der Waals surface area (Å²) in [6, 6.07) is 10.7. The van der Waals surface area contributed by atoms with Gasteiger partial charge in [0.25, 0.3) is 5.91 Å². The number of amides is 1. The molecule has 27 heavy (non-hydrogen) atoms. The van der Waals surface area contributed by atoms with Gasteiger partial charge in [0.2, 0.25) is 0 Å². The molecule has 144 valence electrons. The van der Waals surface area contributed by atoms with Crippen LogP contribution in [0.25, 0.3) is 0 Å². The molecule has 1 aliphatic heterocycles. The van der Waals surface area contributed by atoms with E-state index in [4.69, 9.17) is 9.47 Å². The van der Waals surface area contributed by atoms with E-state index in [9.17, 15) is 13.2 Å². The van der Waals surface area contributed by atoms with Crippen molar-refractivity contribution in [1.82, 2.24) is 4.90 Å². The molecule has 3 rings (SSSR count). The molecule has 1 amide bonds. The number of rotatable bonds is 5. The van der Waals surface area contributed by atoms with Gasteiger partial charge in [-0.2, -0.15) is 0 Å². The Hall–Kier alpha value is -2.54. The summed E-state index contributed by atoms with van der Waals surface area (Å²) in [5.74, 6) is 1.14. The van der Waals surface area contributed by atoms with Gasteiger partial charge in [0.05, 0.1) is 20.0 Å². The highest BCUT2D eigenvalue weighted by atomic mass is 32.2. The average molecular weight is 389 g/mol. The molecule has 0 N–H and O–H groups in total. The Morgan fingerprint density at radius 2 is 1.74 bits per heavy atom. The smallest absolute Gasteiger partial charge is 0.254 e. The van der Waals surface area contributed by atoms with Crippen LogP contribution in [0.1, 0.15) is 27.0 Å². The molecular weight excluding hydrogens is 366 g/mol. The fourth-order valence-corrected chi connectivity index (χ4v) is 4.12. The molecule has 1 aliphatic rings. The van der Waals surface area contributed by atoms with Crippen LogP contribution in [0.15, 0.2) is 36.4 Å². The minimum absolute atomic E-state index is 0.0754. The second kappa shape index (κ2) is 7.60. The lowest BCUT2D eigenvalue weighted by Crippen LogP contribution is -2.36. The summed E-state index contributed by atoms with van der Waals surface area (Å²) < 4.78 is 33.7. The third kappa shape index (κ3) is 4.42. The molecule has 0 saturated heterocycles. The summed E-state index contributed by atoms with van der Waals surface area (Å²) in [5, 5.41) is 0. The van der Waals surface area contributed by atoms with Gasteiger partial charge in [0.1, 0.15) is 0 Å². The van der Waals surface area contributed by atoms with Crippen molar-refractivity contribution in [2.24, 2.45) is 0 Å². The van der Waals surface area contributed by atoms with E-state index in [-0.39, 0.29) is 11.7 Å². The molecular formula is C20H23NO5S. The zero-order chi connectivity index (χ0) is 19.6. The summed E-state index contributed by atoms with van der Waals surface area (Å²) in [5.41, 5.74) is 3.29. The van der Waals surface area contributed by atoms with Gasteiger partial charge in [-0.05, 0) is 47.4 Å². The zero-order valence-electron chi connectivity index (χ0n) is 15.7. The first kappa shape index (κ1) is 19.2. The lowest BCUT2D eigenvalue weighted by Gasteiger charge is -2.30. The van der Waals surface area contributed by atoms with Gasteiger partial charge < -0.3 is 14.4 Å². The van der Waals surface area contributed by atoms with Gasteiger partial charge in [0.15, 0.2) is 21.3 Å². The number of hydrogen-bond acceptors (Lipinski definition) is 5. The first-order valence-corrected chi connectivity index (χ1v) is 10.7. The van der Waals surface area contributed by atoms with Crippen LogP contribution >= 0.6 is 0 Å². The maximum Gasteiger partial charge on any atom is 0.254 e. The number of fused-ring (bicyclic) bond motifs is 1. The second-order valence-electron chi connectivity index (χ2n) is 6.72. The molecule has 0 fully saturated rings. The maximum atomic E-state index is 12.9. The minimum atomic E-state index is -3.15. The third-order valence-corrected chi connectivity index (χ3v) is 5.47. The molecule has 0 spiro atoms. The lowest BCUT2D eigenvalue weighted by molar-refractivity contribution is 0.0734. The van der Waals surface area contributed by atoms with Gasteiger partial charge in [-0.3, -0.25) is 4.79 Å². The molecule has 2 aromatic rings. The number of methoxy groups -OCH3 is 2. The van der Waals surface area contributed by atoms with Crippen molar-refractivity contribution >= 4 is 15.7 Å². The Labute approximate surface area is 159 Å². The fraction of sp³-hybridized carbons (Fsp3) is 0.350. The van der Waals surface area contributed by atoms with Crippen LogP contribution in [0.5, 0.6) is 11.5 Å². The molecule has 0 unspecified atom stereocenters. The quantitative estimate of drug-likeness (QED) is 0.785. The van der Waals surface area contributed by atoms with Crippen LogP contribution in [0.4, 0.5) is 0 Å². The number of ether oxygens (including phenoxy) is 2. The van der Waals surface area contributed by atoms with Crippen molar-refractivity contribution < 1.29 is 22.7 Å². The van der Waals surface area contributed by atoms with Gasteiger partial charge >= 0.3 is 0 Å². The molecule has 0 atom stereocenters. The normalized spacial score (nSPS) is 13.8. The summed E-state index contributed by atoms with van der Waals surface area (Å²) in [6.07, 6.45) is 1.91. The summed E-state index contributed by atoms with van der Waals surface area (Å²) in [7, 11) is 0.0407. The zero-order valence-corrected chi connectivity index (χ0v) is 16.5. The highest BCUT2D eigenvalue weighted by molar-refractivity contribution is 7.89. The van der Waals surface area contributed by atoms with Crippen molar-refractivity contribution in [3.05, 3.63) is 58.7 Å². The Morgan fingerprint density at radius 3 is 2.37 bits per heavy atom. The van der Waals surface area contributed by atoms with E-state index < -0.39 is 9.84 Å². The SMILES string of the molecule is COc1cc2c(cc1OC)CN(C(=O)c1cccc(CS(C)(=O)=O)c1)CC2. The van der Waals surface area contributed by atoms with Crippen LogP contribution in [0, 0.1) is 0 Å². The standard InChI is InChI=1S/C20H23NO5S/c1-25-18-10-15-7-8-21(12-17(15)11-19(18)26-2)20(22)16-6-4-5-14(9-16)13-27(3,23)24/h4-6,9-11H,7-8,12-13H2,1-3H3. The van der Waals surface area contributed by atoms with E-state index >= 15 is 0 Å². The first-order valence-electron chi connectivity index (χ1n) is 8.60. The predicted molar refractivity (Wildman–Crippen MR) is 103 cm³/mol. The largest absolute Gasteiger partial charge is 0.493 e. The van der Waals surface area contributed by atoms with E-state index in [2.05, 4.69) is 0 Å². The summed E-state index contributed by atoms with van der Waals surface area (Å²) >= 11 is 0. The Balaban J connectivity index is 1.83. The lowest BCUT2D eigenvalue weighted by atomic mass is 9.98. The van der Waals surface area contributed by atoms with Crippen LogP contribution in [0.2, 0.25) is 0 Å². The van der Waals surface area contributed by atoms with Crippen molar-refractivity contribution in [3.63, 3.8) is 0 Å². The Kier molecular flexibility index (Phi) is 5.41. The highest BCUT2D eigenvalue weighted by Gasteiger charge is 2.24. The summed E-state index contributed by atoms with van der Waals surface area (Å²) in [6.45, 7) is 1.07. The number of nitrogens with zero attached hydrogens (tertiary/aromatic N) is 1. The minimum Gasteiger partial charge on any atom is -0.493 e. The molecule has 7 heteroatoms. The van der Waals surface area contributed by atoms with Crippen molar-refractivity contribution in [3.8, 4) is 11.5 Å². The molecule has 1 heterocycles. The van der Waals surface area contributed by atoms with Crippen molar-refractivity contribution in [1.29, 1.82) is 0 Å². The maximum absolute atomic E-state index is 12.9. The van der Waals surface area contributed by atoms with Crippen molar-refractivity contribution in [2.45, 2.75) is 18.7 Å². The van der Waals surface area contributed by atoms with Gasteiger partial charge in [-0.15, -0.1) is 0 Å². The molecule has 0 aromatic heterocycles. The molecule has 0 aliphatic carbocycles. The number of carbonyl (C=O) groups excluding carboxylic acids is 1.